The van der Waals surface area contributed by atoms with Gasteiger partial charge >= 0.3 is 5.63 Å². The molecule has 2 aromatic heterocycles. The molecular weight excluding hydrogens is 410 g/mol. The van der Waals surface area contributed by atoms with Gasteiger partial charge in [-0.1, -0.05) is 5.16 Å². The molecule has 0 saturated carbocycles. The lowest BCUT2D eigenvalue weighted by molar-refractivity contribution is 0.102. The van der Waals surface area contributed by atoms with E-state index in [1.54, 1.807) is 19.1 Å². The Labute approximate surface area is 170 Å². The van der Waals surface area contributed by atoms with Crippen LogP contribution in [0.2, 0.25) is 0 Å². The van der Waals surface area contributed by atoms with Crippen LogP contribution in [-0.4, -0.2) is 19.5 Å². The third-order valence-corrected chi connectivity index (χ3v) is 5.67. The molecule has 0 aliphatic heterocycles. The number of amides is 1. The number of hydrogen-bond donors (Lipinski definition) is 2. The lowest BCUT2D eigenvalue weighted by Gasteiger charge is -2.10. The summed E-state index contributed by atoms with van der Waals surface area (Å²) < 4.78 is 37.7. The number of benzene rings is 2. The van der Waals surface area contributed by atoms with Crippen LogP contribution in [0.1, 0.15) is 16.1 Å². The zero-order valence-corrected chi connectivity index (χ0v) is 16.4. The first kappa shape index (κ1) is 19.4. The maximum Gasteiger partial charge on any atom is 0.336 e. The van der Waals surface area contributed by atoms with E-state index in [-0.39, 0.29) is 10.8 Å². The number of sulfonamides is 1. The van der Waals surface area contributed by atoms with Crippen molar-refractivity contribution in [1.29, 1.82) is 0 Å². The summed E-state index contributed by atoms with van der Waals surface area (Å²) in [7, 11) is -3.87. The molecule has 0 aliphatic carbocycles. The van der Waals surface area contributed by atoms with Crippen molar-refractivity contribution in [3.05, 3.63) is 82.5 Å². The van der Waals surface area contributed by atoms with Crippen molar-refractivity contribution in [2.24, 2.45) is 0 Å². The molecule has 10 heteroatoms. The van der Waals surface area contributed by atoms with E-state index in [2.05, 4.69) is 15.2 Å². The molecule has 0 bridgehead atoms. The summed E-state index contributed by atoms with van der Waals surface area (Å²) in [4.78, 5) is 23.4. The third kappa shape index (κ3) is 3.94. The number of anilines is 2. The predicted octanol–water partition coefficient (Wildman–Crippen LogP) is 3.14. The Balaban J connectivity index is 1.51. The summed E-state index contributed by atoms with van der Waals surface area (Å²) in [6.07, 6.45) is 1.32. The second-order valence-electron chi connectivity index (χ2n) is 6.39. The number of carbonyl (C=O) groups is 1. The first-order valence-corrected chi connectivity index (χ1v) is 10.2. The summed E-state index contributed by atoms with van der Waals surface area (Å²) in [5.74, 6) is 0.0106. The van der Waals surface area contributed by atoms with E-state index in [0.29, 0.717) is 33.7 Å². The van der Waals surface area contributed by atoms with E-state index >= 15 is 0 Å². The van der Waals surface area contributed by atoms with Crippen molar-refractivity contribution < 1.29 is 22.2 Å². The SMILES string of the molecule is Cc1oncc1C(=O)Nc1ccc(NS(=O)(=O)c2ccc3oc(=O)ccc3c2)cc1. The fourth-order valence-electron chi connectivity index (χ4n) is 2.77. The number of rotatable bonds is 5. The van der Waals surface area contributed by atoms with Crippen molar-refractivity contribution in [2.45, 2.75) is 11.8 Å². The second-order valence-corrected chi connectivity index (χ2v) is 8.07. The van der Waals surface area contributed by atoms with E-state index in [0.717, 1.165) is 0 Å². The molecule has 30 heavy (non-hydrogen) atoms. The van der Waals surface area contributed by atoms with Gasteiger partial charge in [0.1, 0.15) is 16.9 Å². The molecule has 4 aromatic rings. The average Bonchev–Trinajstić information content (AvgIpc) is 3.15. The van der Waals surface area contributed by atoms with Crippen molar-refractivity contribution in [1.82, 2.24) is 5.16 Å². The molecule has 9 nitrogen and oxygen atoms in total. The first-order valence-electron chi connectivity index (χ1n) is 8.71. The summed E-state index contributed by atoms with van der Waals surface area (Å²) in [5, 5.41) is 6.72. The van der Waals surface area contributed by atoms with Crippen LogP contribution < -0.4 is 15.7 Å². The lowest BCUT2D eigenvalue weighted by atomic mass is 10.2. The highest BCUT2D eigenvalue weighted by atomic mass is 32.2. The zero-order chi connectivity index (χ0) is 21.3. The van der Waals surface area contributed by atoms with Crippen LogP contribution in [0.5, 0.6) is 0 Å². The minimum atomic E-state index is -3.87. The Morgan fingerprint density at radius 3 is 2.43 bits per heavy atom. The molecule has 2 heterocycles. The zero-order valence-electron chi connectivity index (χ0n) is 15.6. The Morgan fingerprint density at radius 1 is 1.00 bits per heavy atom. The molecule has 0 fully saturated rings. The quantitative estimate of drug-likeness (QED) is 0.470. The molecule has 0 atom stereocenters. The molecule has 2 N–H and O–H groups in total. The van der Waals surface area contributed by atoms with Gasteiger partial charge in [0.25, 0.3) is 15.9 Å². The van der Waals surface area contributed by atoms with Gasteiger partial charge in [0, 0.05) is 22.8 Å². The molecule has 0 saturated heterocycles. The van der Waals surface area contributed by atoms with Crippen LogP contribution in [0.15, 0.2) is 79.4 Å². The summed E-state index contributed by atoms with van der Waals surface area (Å²) in [6, 6.07) is 13.1. The van der Waals surface area contributed by atoms with E-state index in [1.165, 1.54) is 48.7 Å². The van der Waals surface area contributed by atoms with Gasteiger partial charge in [0.2, 0.25) is 0 Å². The molecule has 4 rings (SSSR count). The minimum absolute atomic E-state index is 0.0177. The highest BCUT2D eigenvalue weighted by Gasteiger charge is 2.16. The van der Waals surface area contributed by atoms with Crippen LogP contribution in [0.4, 0.5) is 11.4 Å². The topological polar surface area (TPSA) is 132 Å². The van der Waals surface area contributed by atoms with Gasteiger partial charge in [-0.3, -0.25) is 9.52 Å². The van der Waals surface area contributed by atoms with Crippen LogP contribution in [0.25, 0.3) is 11.0 Å². The van der Waals surface area contributed by atoms with Gasteiger partial charge in [0.05, 0.1) is 11.1 Å². The van der Waals surface area contributed by atoms with Crippen molar-refractivity contribution in [3.8, 4) is 0 Å². The number of fused-ring (bicyclic) bond motifs is 1. The summed E-state index contributed by atoms with van der Waals surface area (Å²) >= 11 is 0. The summed E-state index contributed by atoms with van der Waals surface area (Å²) in [6.45, 7) is 1.63. The Morgan fingerprint density at radius 2 is 1.73 bits per heavy atom. The number of aryl methyl sites for hydroxylation is 1. The Hall–Kier alpha value is -3.92. The highest BCUT2D eigenvalue weighted by molar-refractivity contribution is 7.92. The monoisotopic (exact) mass is 425 g/mol. The molecule has 0 aliphatic rings. The van der Waals surface area contributed by atoms with E-state index in [1.807, 2.05) is 0 Å². The van der Waals surface area contributed by atoms with Gasteiger partial charge < -0.3 is 14.3 Å². The van der Waals surface area contributed by atoms with E-state index in [9.17, 15) is 18.0 Å². The van der Waals surface area contributed by atoms with Gasteiger partial charge in [-0.25, -0.2) is 13.2 Å². The number of carbonyl (C=O) groups excluding carboxylic acids is 1. The maximum absolute atomic E-state index is 12.7. The average molecular weight is 425 g/mol. The van der Waals surface area contributed by atoms with Crippen LogP contribution in [0, 0.1) is 6.92 Å². The van der Waals surface area contributed by atoms with Gasteiger partial charge in [-0.05, 0) is 55.5 Å². The lowest BCUT2D eigenvalue weighted by Crippen LogP contribution is -2.14. The summed E-state index contributed by atoms with van der Waals surface area (Å²) in [5.41, 5.74) is 0.886. The first-order chi connectivity index (χ1) is 14.3. The van der Waals surface area contributed by atoms with Crippen LogP contribution in [-0.2, 0) is 10.0 Å². The molecule has 0 unspecified atom stereocenters. The predicted molar refractivity (Wildman–Crippen MR) is 109 cm³/mol. The Kier molecular flexibility index (Phi) is 4.84. The van der Waals surface area contributed by atoms with Crippen molar-refractivity contribution >= 4 is 38.3 Å². The van der Waals surface area contributed by atoms with Crippen molar-refractivity contribution in [3.63, 3.8) is 0 Å². The molecule has 0 radical (unpaired) electrons. The number of nitrogens with one attached hydrogen (secondary N) is 2. The van der Waals surface area contributed by atoms with Crippen LogP contribution in [0.3, 0.4) is 0 Å². The second kappa shape index (κ2) is 7.48. The van der Waals surface area contributed by atoms with E-state index < -0.39 is 15.6 Å². The van der Waals surface area contributed by atoms with E-state index in [4.69, 9.17) is 8.94 Å². The normalized spacial score (nSPS) is 11.4. The smallest absolute Gasteiger partial charge is 0.336 e. The third-order valence-electron chi connectivity index (χ3n) is 4.29. The fourth-order valence-corrected chi connectivity index (χ4v) is 3.86. The molecule has 1 amide bonds. The number of aromatic nitrogens is 1. The highest BCUT2D eigenvalue weighted by Crippen LogP contribution is 2.22. The molecule has 2 aromatic carbocycles. The number of hydrogen-bond acceptors (Lipinski definition) is 7. The fraction of sp³-hybridized carbons (Fsp3) is 0.0500. The largest absolute Gasteiger partial charge is 0.423 e. The van der Waals surface area contributed by atoms with Gasteiger partial charge in [-0.15, -0.1) is 0 Å². The van der Waals surface area contributed by atoms with Gasteiger partial charge in [-0.2, -0.15) is 0 Å². The standard InChI is InChI=1S/C20H15N3O6S/c1-12-17(11-21-29-12)20(25)22-14-3-5-15(6-4-14)23-30(26,27)16-7-8-18-13(10-16)2-9-19(24)28-18/h2-11,23H,1H3,(H,22,25). The van der Waals surface area contributed by atoms with Crippen molar-refractivity contribution in [2.75, 3.05) is 10.0 Å². The number of nitrogens with zero attached hydrogens (tertiary/aromatic N) is 1. The van der Waals surface area contributed by atoms with Crippen LogP contribution >= 0.6 is 0 Å². The molecule has 152 valence electrons. The Bertz CT molecular complexity index is 1400. The maximum atomic E-state index is 12.7. The minimum Gasteiger partial charge on any atom is -0.423 e. The molecular formula is C20H15N3O6S. The van der Waals surface area contributed by atoms with Gasteiger partial charge in [0.15, 0.2) is 0 Å². The molecule has 0 spiro atoms.